The number of phenolic OH excluding ortho intramolecular Hbond substituents is 1. The molecule has 2 unspecified atom stereocenters. The zero-order valence-electron chi connectivity index (χ0n) is 16.2. The third-order valence-corrected chi connectivity index (χ3v) is 4.77. The zero-order chi connectivity index (χ0) is 19.9. The normalized spacial score (nSPS) is 20.2. The van der Waals surface area contributed by atoms with Crippen LogP contribution in [0.15, 0.2) is 23.2 Å². The summed E-state index contributed by atoms with van der Waals surface area (Å²) < 4.78 is 44.0. The Bertz CT molecular complexity index is 641. The van der Waals surface area contributed by atoms with Crippen LogP contribution < -0.4 is 15.4 Å². The minimum absolute atomic E-state index is 0. The molecule has 0 saturated heterocycles. The second-order valence-corrected chi connectivity index (χ2v) is 6.75. The molecule has 2 atom stereocenters. The highest BCUT2D eigenvalue weighted by Crippen LogP contribution is 2.37. The van der Waals surface area contributed by atoms with Crippen LogP contribution in [0, 0.1) is 5.92 Å². The third kappa shape index (κ3) is 7.56. The van der Waals surface area contributed by atoms with Crippen LogP contribution in [0.25, 0.3) is 0 Å². The van der Waals surface area contributed by atoms with Crippen molar-refractivity contribution in [2.45, 2.75) is 51.2 Å². The van der Waals surface area contributed by atoms with Gasteiger partial charge in [0.05, 0.1) is 13.0 Å². The van der Waals surface area contributed by atoms with Gasteiger partial charge < -0.3 is 20.5 Å². The molecule has 1 aromatic rings. The van der Waals surface area contributed by atoms with Crippen LogP contribution in [0.1, 0.15) is 38.2 Å². The molecule has 1 aliphatic carbocycles. The standard InChI is InChI=1S/C19H28F3N3O2.HI/c1-3-23-18(25-15-6-4-5-14(11-15)19(20,21)22)24-10-9-13-7-8-16(27-2)12-17(13)26;/h7-8,12,14-15,26H,3-6,9-11H2,1-2H3,(H2,23,24,25);1H. The fourth-order valence-electron chi connectivity index (χ4n) is 3.30. The molecule has 9 heteroatoms. The molecule has 1 aliphatic rings. The number of hydrogen-bond acceptors (Lipinski definition) is 3. The van der Waals surface area contributed by atoms with E-state index >= 15 is 0 Å². The SMILES string of the molecule is CCNC(=NCCc1ccc(OC)cc1O)NC1CCCC(C(F)(F)F)C1.I. The van der Waals surface area contributed by atoms with Gasteiger partial charge in [-0.3, -0.25) is 4.99 Å². The van der Waals surface area contributed by atoms with E-state index in [1.807, 2.05) is 6.92 Å². The number of alkyl halides is 3. The van der Waals surface area contributed by atoms with E-state index in [9.17, 15) is 18.3 Å². The minimum Gasteiger partial charge on any atom is -0.508 e. The van der Waals surface area contributed by atoms with Gasteiger partial charge in [0, 0.05) is 25.2 Å². The maximum absolute atomic E-state index is 13.0. The van der Waals surface area contributed by atoms with Gasteiger partial charge in [-0.1, -0.05) is 12.5 Å². The molecule has 0 radical (unpaired) electrons. The van der Waals surface area contributed by atoms with Crippen molar-refractivity contribution in [3.8, 4) is 11.5 Å². The monoisotopic (exact) mass is 515 g/mol. The van der Waals surface area contributed by atoms with Gasteiger partial charge in [0.25, 0.3) is 0 Å². The summed E-state index contributed by atoms with van der Waals surface area (Å²) in [6.07, 6.45) is -2.08. The van der Waals surface area contributed by atoms with E-state index in [0.717, 1.165) is 5.56 Å². The fraction of sp³-hybridized carbons (Fsp3) is 0.632. The zero-order valence-corrected chi connectivity index (χ0v) is 18.5. The maximum atomic E-state index is 13.0. The smallest absolute Gasteiger partial charge is 0.391 e. The Morgan fingerprint density at radius 2 is 2.07 bits per heavy atom. The first-order chi connectivity index (χ1) is 12.8. The van der Waals surface area contributed by atoms with Crippen molar-refractivity contribution < 1.29 is 23.0 Å². The molecule has 3 N–H and O–H groups in total. The van der Waals surface area contributed by atoms with E-state index in [1.165, 1.54) is 7.11 Å². The molecule has 0 spiro atoms. The molecule has 0 bridgehead atoms. The van der Waals surface area contributed by atoms with Crippen molar-refractivity contribution in [1.82, 2.24) is 10.6 Å². The van der Waals surface area contributed by atoms with Gasteiger partial charge in [-0.25, -0.2) is 0 Å². The van der Waals surface area contributed by atoms with Crippen LogP contribution >= 0.6 is 24.0 Å². The lowest BCUT2D eigenvalue weighted by atomic mass is 9.85. The number of halogens is 4. The Kier molecular flexibility index (Phi) is 10.2. The summed E-state index contributed by atoms with van der Waals surface area (Å²) in [4.78, 5) is 4.44. The Hall–Kier alpha value is -1.39. The number of aliphatic imine (C=N–C) groups is 1. The van der Waals surface area contributed by atoms with E-state index in [1.54, 1.807) is 18.2 Å². The molecular weight excluding hydrogens is 486 g/mol. The van der Waals surface area contributed by atoms with Crippen molar-refractivity contribution in [2.24, 2.45) is 10.9 Å². The fourth-order valence-corrected chi connectivity index (χ4v) is 3.30. The molecule has 1 aromatic carbocycles. The van der Waals surface area contributed by atoms with Gasteiger partial charge in [0.1, 0.15) is 11.5 Å². The van der Waals surface area contributed by atoms with Gasteiger partial charge in [0.2, 0.25) is 0 Å². The first-order valence-corrected chi connectivity index (χ1v) is 9.31. The van der Waals surface area contributed by atoms with Crippen molar-refractivity contribution in [1.29, 1.82) is 0 Å². The average molecular weight is 515 g/mol. The maximum Gasteiger partial charge on any atom is 0.391 e. The van der Waals surface area contributed by atoms with Gasteiger partial charge in [-0.05, 0) is 44.2 Å². The number of aromatic hydroxyl groups is 1. The molecule has 0 aliphatic heterocycles. The highest BCUT2D eigenvalue weighted by molar-refractivity contribution is 14.0. The topological polar surface area (TPSA) is 65.9 Å². The highest BCUT2D eigenvalue weighted by atomic mass is 127. The molecule has 1 saturated carbocycles. The summed E-state index contributed by atoms with van der Waals surface area (Å²) in [6, 6.07) is 4.85. The lowest BCUT2D eigenvalue weighted by molar-refractivity contribution is -0.183. The summed E-state index contributed by atoms with van der Waals surface area (Å²) in [7, 11) is 1.53. The average Bonchev–Trinajstić information content (AvgIpc) is 2.62. The Balaban J connectivity index is 0.00000392. The minimum atomic E-state index is -4.14. The Morgan fingerprint density at radius 1 is 1.32 bits per heavy atom. The Labute approximate surface area is 181 Å². The predicted molar refractivity (Wildman–Crippen MR) is 115 cm³/mol. The van der Waals surface area contributed by atoms with Crippen LogP contribution in [-0.4, -0.2) is 43.5 Å². The van der Waals surface area contributed by atoms with Crippen molar-refractivity contribution in [3.05, 3.63) is 23.8 Å². The lowest BCUT2D eigenvalue weighted by Gasteiger charge is -2.31. The number of ether oxygens (including phenoxy) is 1. The van der Waals surface area contributed by atoms with Gasteiger partial charge in [-0.2, -0.15) is 13.2 Å². The number of guanidine groups is 1. The van der Waals surface area contributed by atoms with E-state index < -0.39 is 12.1 Å². The molecule has 2 rings (SSSR count). The van der Waals surface area contributed by atoms with Crippen LogP contribution in [0.2, 0.25) is 0 Å². The van der Waals surface area contributed by atoms with Gasteiger partial charge in [0.15, 0.2) is 5.96 Å². The van der Waals surface area contributed by atoms with Crippen molar-refractivity contribution in [2.75, 3.05) is 20.2 Å². The molecular formula is C19H29F3IN3O2. The quantitative estimate of drug-likeness (QED) is 0.302. The third-order valence-electron chi connectivity index (χ3n) is 4.77. The van der Waals surface area contributed by atoms with E-state index in [0.29, 0.717) is 44.1 Å². The molecule has 0 heterocycles. The van der Waals surface area contributed by atoms with Crippen LogP contribution in [0.5, 0.6) is 11.5 Å². The number of nitrogens with zero attached hydrogens (tertiary/aromatic N) is 1. The van der Waals surface area contributed by atoms with E-state index in [-0.39, 0.29) is 48.6 Å². The number of phenols is 1. The first kappa shape index (κ1) is 24.6. The van der Waals surface area contributed by atoms with E-state index in [2.05, 4.69) is 15.6 Å². The summed E-state index contributed by atoms with van der Waals surface area (Å²) in [5, 5.41) is 16.2. The number of rotatable bonds is 6. The molecule has 160 valence electrons. The van der Waals surface area contributed by atoms with Gasteiger partial charge >= 0.3 is 6.18 Å². The number of hydrogen-bond donors (Lipinski definition) is 3. The summed E-state index contributed by atoms with van der Waals surface area (Å²) in [6.45, 7) is 2.94. The highest BCUT2D eigenvalue weighted by Gasteiger charge is 2.42. The number of nitrogens with one attached hydrogen (secondary N) is 2. The van der Waals surface area contributed by atoms with Gasteiger partial charge in [-0.15, -0.1) is 24.0 Å². The van der Waals surface area contributed by atoms with Crippen LogP contribution in [0.3, 0.4) is 0 Å². The number of benzene rings is 1. The van der Waals surface area contributed by atoms with Crippen molar-refractivity contribution in [3.63, 3.8) is 0 Å². The summed E-state index contributed by atoms with van der Waals surface area (Å²) >= 11 is 0. The molecule has 1 fully saturated rings. The second kappa shape index (κ2) is 11.6. The molecule has 0 amide bonds. The predicted octanol–water partition coefficient (Wildman–Crippen LogP) is 4.24. The summed E-state index contributed by atoms with van der Waals surface area (Å²) in [5.41, 5.74) is 0.741. The second-order valence-electron chi connectivity index (χ2n) is 6.75. The molecule has 5 nitrogen and oxygen atoms in total. The van der Waals surface area contributed by atoms with Crippen LogP contribution in [0.4, 0.5) is 13.2 Å². The Morgan fingerprint density at radius 3 is 2.68 bits per heavy atom. The van der Waals surface area contributed by atoms with E-state index in [4.69, 9.17) is 4.74 Å². The largest absolute Gasteiger partial charge is 0.508 e. The van der Waals surface area contributed by atoms with Crippen molar-refractivity contribution >= 4 is 29.9 Å². The number of methoxy groups -OCH3 is 1. The first-order valence-electron chi connectivity index (χ1n) is 9.31. The molecule has 28 heavy (non-hydrogen) atoms. The molecule has 0 aromatic heterocycles. The summed E-state index contributed by atoms with van der Waals surface area (Å²) in [5.74, 6) is -0.0183. The van der Waals surface area contributed by atoms with Crippen LogP contribution in [-0.2, 0) is 6.42 Å². The lowest BCUT2D eigenvalue weighted by Crippen LogP contribution is -2.46.